The van der Waals surface area contributed by atoms with Crippen LogP contribution in [-0.4, -0.2) is 0 Å². The lowest BCUT2D eigenvalue weighted by molar-refractivity contribution is 0.636. The van der Waals surface area contributed by atoms with Gasteiger partial charge in [-0.25, -0.2) is 4.39 Å². The third-order valence-corrected chi connectivity index (χ3v) is 6.19. The first-order valence-corrected chi connectivity index (χ1v) is 12.2. The van der Waals surface area contributed by atoms with Crippen molar-refractivity contribution >= 4 is 10.8 Å². The number of hydrogen-bond acceptors (Lipinski definition) is 0. The molecule has 0 atom stereocenters. The van der Waals surface area contributed by atoms with Crippen molar-refractivity contribution in [3.63, 3.8) is 0 Å². The first-order chi connectivity index (χ1) is 16.7. The fourth-order valence-corrected chi connectivity index (χ4v) is 4.12. The molecular formula is C33H31F. The van der Waals surface area contributed by atoms with Crippen molar-refractivity contribution in [2.45, 2.75) is 46.0 Å². The number of benzene rings is 4. The molecule has 4 rings (SSSR count). The van der Waals surface area contributed by atoms with E-state index in [2.05, 4.69) is 73.4 Å². The van der Waals surface area contributed by atoms with Crippen LogP contribution in [0.2, 0.25) is 0 Å². The molecule has 0 heterocycles. The van der Waals surface area contributed by atoms with Gasteiger partial charge in [0.2, 0.25) is 0 Å². The summed E-state index contributed by atoms with van der Waals surface area (Å²) in [7, 11) is 0. The standard InChI is InChI=1S/C33H31F/c1-3-5-7-9-26-14-17-28(18-15-26)30-22-23-32-31(24-30)21-20-29(33(32)34)19-16-27-12-10-25(11-13-27)8-6-4-2/h3,5,10-15,17-18,20-24H,4,6-9H2,1-2H3/b5-3+. The molecule has 0 unspecified atom stereocenters. The van der Waals surface area contributed by atoms with E-state index >= 15 is 4.39 Å². The topological polar surface area (TPSA) is 0 Å². The molecule has 0 N–H and O–H groups in total. The highest BCUT2D eigenvalue weighted by molar-refractivity contribution is 5.89. The Morgan fingerprint density at radius 1 is 0.765 bits per heavy atom. The van der Waals surface area contributed by atoms with Gasteiger partial charge in [-0.2, -0.15) is 0 Å². The van der Waals surface area contributed by atoms with Gasteiger partial charge in [-0.1, -0.05) is 91.9 Å². The van der Waals surface area contributed by atoms with Crippen LogP contribution in [0.15, 0.2) is 91.0 Å². The minimum atomic E-state index is -0.254. The number of hydrogen-bond donors (Lipinski definition) is 0. The van der Waals surface area contributed by atoms with E-state index in [4.69, 9.17) is 0 Å². The minimum Gasteiger partial charge on any atom is -0.205 e. The fraction of sp³-hybridized carbons (Fsp3) is 0.212. The Bertz CT molecular complexity index is 1330. The van der Waals surface area contributed by atoms with E-state index in [1.165, 1.54) is 24.0 Å². The number of allylic oxidation sites excluding steroid dienone is 2. The molecule has 0 saturated carbocycles. The van der Waals surface area contributed by atoms with Crippen LogP contribution in [0.5, 0.6) is 0 Å². The maximum atomic E-state index is 15.2. The van der Waals surface area contributed by atoms with Crippen molar-refractivity contribution in [2.75, 3.05) is 0 Å². The van der Waals surface area contributed by atoms with Crippen molar-refractivity contribution < 1.29 is 4.39 Å². The van der Waals surface area contributed by atoms with Gasteiger partial charge in [0.05, 0.1) is 5.56 Å². The monoisotopic (exact) mass is 446 g/mol. The predicted octanol–water partition coefficient (Wildman–Crippen LogP) is 8.90. The smallest absolute Gasteiger partial charge is 0.146 e. The van der Waals surface area contributed by atoms with Crippen molar-refractivity contribution in [1.29, 1.82) is 0 Å². The molecule has 4 aromatic rings. The predicted molar refractivity (Wildman–Crippen MR) is 144 cm³/mol. The average Bonchev–Trinajstić information content (AvgIpc) is 2.88. The van der Waals surface area contributed by atoms with Gasteiger partial charge < -0.3 is 0 Å². The summed E-state index contributed by atoms with van der Waals surface area (Å²) < 4.78 is 15.2. The largest absolute Gasteiger partial charge is 0.205 e. The van der Waals surface area contributed by atoms with Crippen LogP contribution >= 0.6 is 0 Å². The Labute approximate surface area is 203 Å². The van der Waals surface area contributed by atoms with Crippen molar-refractivity contribution in [1.82, 2.24) is 0 Å². The molecule has 0 aliphatic heterocycles. The average molecular weight is 447 g/mol. The maximum Gasteiger partial charge on any atom is 0.146 e. The zero-order chi connectivity index (χ0) is 23.8. The molecule has 0 radical (unpaired) electrons. The van der Waals surface area contributed by atoms with Gasteiger partial charge >= 0.3 is 0 Å². The third kappa shape index (κ3) is 5.83. The van der Waals surface area contributed by atoms with Gasteiger partial charge in [0.1, 0.15) is 5.82 Å². The third-order valence-electron chi connectivity index (χ3n) is 6.19. The SMILES string of the molecule is C/C=C/CCc1ccc(-c2ccc3c(F)c(C#Cc4ccc(CCCC)cc4)ccc3c2)cc1. The van der Waals surface area contributed by atoms with Gasteiger partial charge in [-0.15, -0.1) is 0 Å². The Morgan fingerprint density at radius 3 is 2.21 bits per heavy atom. The van der Waals surface area contributed by atoms with Gasteiger partial charge in [0.25, 0.3) is 0 Å². The van der Waals surface area contributed by atoms with Crippen molar-refractivity contribution in [3.05, 3.63) is 119 Å². The van der Waals surface area contributed by atoms with E-state index in [0.717, 1.165) is 41.3 Å². The zero-order valence-corrected chi connectivity index (χ0v) is 20.1. The summed E-state index contributed by atoms with van der Waals surface area (Å²) in [5.74, 6) is 5.89. The Hall–Kier alpha value is -3.63. The lowest BCUT2D eigenvalue weighted by Gasteiger charge is -2.07. The van der Waals surface area contributed by atoms with E-state index in [0.29, 0.717) is 10.9 Å². The molecule has 0 saturated heterocycles. The summed E-state index contributed by atoms with van der Waals surface area (Å²) in [6, 6.07) is 26.6. The maximum absolute atomic E-state index is 15.2. The second-order valence-corrected chi connectivity index (χ2v) is 8.72. The lowest BCUT2D eigenvalue weighted by Crippen LogP contribution is -1.89. The van der Waals surface area contributed by atoms with Crippen LogP contribution in [0, 0.1) is 17.7 Å². The Kier molecular flexibility index (Phi) is 7.95. The molecule has 0 aromatic heterocycles. The molecule has 0 bridgehead atoms. The second kappa shape index (κ2) is 11.5. The van der Waals surface area contributed by atoms with E-state index < -0.39 is 0 Å². The minimum absolute atomic E-state index is 0.254. The first kappa shape index (κ1) is 23.5. The van der Waals surface area contributed by atoms with E-state index in [9.17, 15) is 0 Å². The van der Waals surface area contributed by atoms with E-state index in [-0.39, 0.29) is 5.82 Å². The van der Waals surface area contributed by atoms with Crippen LogP contribution in [0.1, 0.15) is 55.4 Å². The molecular weight excluding hydrogens is 415 g/mol. The number of fused-ring (bicyclic) bond motifs is 1. The molecule has 0 spiro atoms. The highest BCUT2D eigenvalue weighted by Gasteiger charge is 2.08. The number of unbranched alkanes of at least 4 members (excludes halogenated alkanes) is 1. The van der Waals surface area contributed by atoms with Crippen LogP contribution < -0.4 is 0 Å². The zero-order valence-electron chi connectivity index (χ0n) is 20.1. The first-order valence-electron chi connectivity index (χ1n) is 12.2. The summed E-state index contributed by atoms with van der Waals surface area (Å²) in [5.41, 5.74) is 6.22. The molecule has 1 heteroatoms. The summed E-state index contributed by atoms with van der Waals surface area (Å²) in [5, 5.41) is 1.49. The molecule has 34 heavy (non-hydrogen) atoms. The van der Waals surface area contributed by atoms with Crippen LogP contribution in [0.4, 0.5) is 4.39 Å². The quantitative estimate of drug-likeness (QED) is 0.196. The summed E-state index contributed by atoms with van der Waals surface area (Å²) in [4.78, 5) is 0. The normalized spacial score (nSPS) is 11.0. The van der Waals surface area contributed by atoms with Gasteiger partial charge in [-0.3, -0.25) is 0 Å². The molecule has 0 amide bonds. The van der Waals surface area contributed by atoms with E-state index in [1.807, 2.05) is 37.3 Å². The van der Waals surface area contributed by atoms with Crippen LogP contribution in [0.3, 0.4) is 0 Å². The van der Waals surface area contributed by atoms with Crippen LogP contribution in [0.25, 0.3) is 21.9 Å². The van der Waals surface area contributed by atoms with Gasteiger partial charge in [0.15, 0.2) is 0 Å². The number of rotatable bonds is 7. The summed E-state index contributed by atoms with van der Waals surface area (Å²) >= 11 is 0. The highest BCUT2D eigenvalue weighted by atomic mass is 19.1. The lowest BCUT2D eigenvalue weighted by atomic mass is 9.98. The molecule has 0 aliphatic rings. The van der Waals surface area contributed by atoms with E-state index in [1.54, 1.807) is 6.07 Å². The summed E-state index contributed by atoms with van der Waals surface area (Å²) in [6.07, 6.45) is 9.85. The van der Waals surface area contributed by atoms with Crippen LogP contribution in [-0.2, 0) is 12.8 Å². The number of aryl methyl sites for hydroxylation is 2. The molecule has 170 valence electrons. The summed E-state index contributed by atoms with van der Waals surface area (Å²) in [6.45, 7) is 4.25. The Morgan fingerprint density at radius 2 is 1.47 bits per heavy atom. The number of halogens is 1. The molecule has 4 aromatic carbocycles. The Balaban J connectivity index is 1.53. The van der Waals surface area contributed by atoms with Crippen molar-refractivity contribution in [2.24, 2.45) is 0 Å². The highest BCUT2D eigenvalue weighted by Crippen LogP contribution is 2.28. The van der Waals surface area contributed by atoms with Gasteiger partial charge in [0, 0.05) is 10.9 Å². The molecule has 0 fully saturated rings. The molecule has 0 nitrogen and oxygen atoms in total. The van der Waals surface area contributed by atoms with Gasteiger partial charge in [-0.05, 0) is 84.5 Å². The van der Waals surface area contributed by atoms with Crippen molar-refractivity contribution in [3.8, 4) is 23.0 Å². The fourth-order valence-electron chi connectivity index (χ4n) is 4.12. The second-order valence-electron chi connectivity index (χ2n) is 8.72. The molecule has 0 aliphatic carbocycles.